The smallest absolute Gasteiger partial charge is 0.241 e. The fraction of sp³-hybridized carbons (Fsp3) is 0.182. The number of nitrogens with one attached hydrogen (secondary N) is 1. The third-order valence-corrected chi connectivity index (χ3v) is 2.18. The molecular weight excluding hydrogens is 231 g/mol. The van der Waals surface area contributed by atoms with Gasteiger partial charge in [0, 0.05) is 5.02 Å². The quantitative estimate of drug-likeness (QED) is 0.797. The van der Waals surface area contributed by atoms with Gasteiger partial charge in [-0.05, 0) is 24.6 Å². The third kappa shape index (κ3) is 3.32. The maximum Gasteiger partial charge on any atom is 0.241 e. The van der Waals surface area contributed by atoms with Crippen LogP contribution in [-0.2, 0) is 4.79 Å². The molecule has 0 fully saturated rings. The first-order valence-electron chi connectivity index (χ1n) is 4.67. The van der Waals surface area contributed by atoms with Crippen molar-refractivity contribution in [2.75, 3.05) is 5.32 Å². The molecule has 1 rings (SSSR count). The number of rotatable bonds is 4. The molecule has 0 saturated carbocycles. The molecule has 0 aromatic heterocycles. The minimum Gasteiger partial charge on any atom is -0.322 e. The molecule has 0 aliphatic carbocycles. The molecule has 0 bridgehead atoms. The van der Waals surface area contributed by atoms with Crippen molar-refractivity contribution in [2.45, 2.75) is 12.5 Å². The maximum atomic E-state index is 13.2. The molecule has 0 spiro atoms. The SMILES string of the molecule is C=CCC(N)C(=O)Nc1cc(Cl)ccc1F. The highest BCUT2D eigenvalue weighted by Crippen LogP contribution is 2.19. The summed E-state index contributed by atoms with van der Waals surface area (Å²) >= 11 is 5.68. The van der Waals surface area contributed by atoms with Crippen LogP contribution in [0.3, 0.4) is 0 Å². The highest BCUT2D eigenvalue weighted by atomic mass is 35.5. The maximum absolute atomic E-state index is 13.2. The Morgan fingerprint density at radius 2 is 2.38 bits per heavy atom. The first kappa shape index (κ1) is 12.7. The molecule has 1 aromatic carbocycles. The summed E-state index contributed by atoms with van der Waals surface area (Å²) in [6.07, 6.45) is 1.85. The van der Waals surface area contributed by atoms with Gasteiger partial charge in [0.05, 0.1) is 11.7 Å². The zero-order chi connectivity index (χ0) is 12.1. The van der Waals surface area contributed by atoms with E-state index in [1.54, 1.807) is 0 Å². The van der Waals surface area contributed by atoms with Crippen LogP contribution in [0.2, 0.25) is 5.02 Å². The van der Waals surface area contributed by atoms with Crippen LogP contribution in [0, 0.1) is 5.82 Å². The van der Waals surface area contributed by atoms with Gasteiger partial charge < -0.3 is 11.1 Å². The number of benzene rings is 1. The van der Waals surface area contributed by atoms with E-state index in [2.05, 4.69) is 11.9 Å². The summed E-state index contributed by atoms with van der Waals surface area (Å²) in [5.74, 6) is -1.02. The van der Waals surface area contributed by atoms with E-state index in [9.17, 15) is 9.18 Å². The highest BCUT2D eigenvalue weighted by Gasteiger charge is 2.13. The molecular formula is C11H12ClFN2O. The summed E-state index contributed by atoms with van der Waals surface area (Å²) in [4.78, 5) is 11.5. The van der Waals surface area contributed by atoms with Crippen molar-refractivity contribution in [3.8, 4) is 0 Å². The van der Waals surface area contributed by atoms with Crippen molar-refractivity contribution in [1.29, 1.82) is 0 Å². The van der Waals surface area contributed by atoms with Gasteiger partial charge in [-0.3, -0.25) is 4.79 Å². The number of halogens is 2. The molecule has 1 aromatic rings. The lowest BCUT2D eigenvalue weighted by molar-refractivity contribution is -0.117. The molecule has 0 aliphatic heterocycles. The van der Waals surface area contributed by atoms with Crippen LogP contribution in [0.15, 0.2) is 30.9 Å². The van der Waals surface area contributed by atoms with Crippen molar-refractivity contribution in [2.24, 2.45) is 5.73 Å². The lowest BCUT2D eigenvalue weighted by Crippen LogP contribution is -2.35. The molecule has 86 valence electrons. The second-order valence-electron chi connectivity index (χ2n) is 3.24. The average Bonchev–Trinajstić information content (AvgIpc) is 2.23. The van der Waals surface area contributed by atoms with Gasteiger partial charge in [-0.2, -0.15) is 0 Å². The Hall–Kier alpha value is -1.39. The van der Waals surface area contributed by atoms with Crippen molar-refractivity contribution >= 4 is 23.2 Å². The summed E-state index contributed by atoms with van der Waals surface area (Å²) in [6, 6.07) is 3.17. The Morgan fingerprint density at radius 3 is 3.00 bits per heavy atom. The second-order valence-corrected chi connectivity index (χ2v) is 3.68. The van der Waals surface area contributed by atoms with Crippen LogP contribution in [0.5, 0.6) is 0 Å². The van der Waals surface area contributed by atoms with Crippen molar-refractivity contribution < 1.29 is 9.18 Å². The number of nitrogens with two attached hydrogens (primary N) is 1. The molecule has 0 heterocycles. The van der Waals surface area contributed by atoms with Crippen LogP contribution in [-0.4, -0.2) is 11.9 Å². The van der Waals surface area contributed by atoms with Gasteiger partial charge in [0.1, 0.15) is 5.82 Å². The van der Waals surface area contributed by atoms with Gasteiger partial charge in [0.15, 0.2) is 0 Å². The molecule has 0 saturated heterocycles. The summed E-state index contributed by atoms with van der Waals surface area (Å²) < 4.78 is 13.2. The summed E-state index contributed by atoms with van der Waals surface area (Å²) in [6.45, 7) is 3.47. The number of anilines is 1. The molecule has 1 unspecified atom stereocenters. The van der Waals surface area contributed by atoms with E-state index < -0.39 is 17.8 Å². The van der Waals surface area contributed by atoms with Crippen LogP contribution in [0.1, 0.15) is 6.42 Å². The Bertz CT molecular complexity index is 409. The predicted molar refractivity (Wildman–Crippen MR) is 62.8 cm³/mol. The number of amides is 1. The fourth-order valence-corrected chi connectivity index (χ4v) is 1.28. The van der Waals surface area contributed by atoms with Crippen LogP contribution < -0.4 is 11.1 Å². The topological polar surface area (TPSA) is 55.1 Å². The van der Waals surface area contributed by atoms with Gasteiger partial charge in [-0.25, -0.2) is 4.39 Å². The first-order chi connectivity index (χ1) is 7.54. The minimum atomic E-state index is -0.740. The van der Waals surface area contributed by atoms with Gasteiger partial charge in [-0.1, -0.05) is 17.7 Å². The summed E-state index contributed by atoms with van der Waals surface area (Å²) in [7, 11) is 0. The summed E-state index contributed by atoms with van der Waals surface area (Å²) in [5.41, 5.74) is 5.55. The predicted octanol–water partition coefficient (Wildman–Crippen LogP) is 2.32. The number of hydrogen-bond donors (Lipinski definition) is 2. The molecule has 1 atom stereocenters. The first-order valence-corrected chi connectivity index (χ1v) is 5.04. The van der Waals surface area contributed by atoms with Crippen molar-refractivity contribution in [3.05, 3.63) is 41.7 Å². The average molecular weight is 243 g/mol. The molecule has 0 radical (unpaired) electrons. The molecule has 0 aliphatic rings. The van der Waals surface area contributed by atoms with Crippen LogP contribution in [0.25, 0.3) is 0 Å². The minimum absolute atomic E-state index is 0.0250. The third-order valence-electron chi connectivity index (χ3n) is 1.94. The fourth-order valence-electron chi connectivity index (χ4n) is 1.11. The van der Waals surface area contributed by atoms with Crippen molar-refractivity contribution in [3.63, 3.8) is 0 Å². The van der Waals surface area contributed by atoms with Gasteiger partial charge in [-0.15, -0.1) is 6.58 Å². The van der Waals surface area contributed by atoms with E-state index >= 15 is 0 Å². The molecule has 5 heteroatoms. The molecule has 16 heavy (non-hydrogen) atoms. The zero-order valence-electron chi connectivity index (χ0n) is 8.54. The van der Waals surface area contributed by atoms with E-state index in [0.717, 1.165) is 0 Å². The number of carbonyl (C=O) groups is 1. The summed E-state index contributed by atoms with van der Waals surface area (Å²) in [5, 5.41) is 2.71. The van der Waals surface area contributed by atoms with Gasteiger partial charge >= 0.3 is 0 Å². The van der Waals surface area contributed by atoms with E-state index in [-0.39, 0.29) is 5.69 Å². The number of hydrogen-bond acceptors (Lipinski definition) is 2. The Morgan fingerprint density at radius 1 is 1.69 bits per heavy atom. The van der Waals surface area contributed by atoms with E-state index in [1.165, 1.54) is 24.3 Å². The van der Waals surface area contributed by atoms with Crippen molar-refractivity contribution in [1.82, 2.24) is 0 Å². The van der Waals surface area contributed by atoms with Gasteiger partial charge in [0.2, 0.25) is 5.91 Å². The standard InChI is InChI=1S/C11H12ClFN2O/c1-2-3-9(14)11(16)15-10-6-7(12)4-5-8(10)13/h2,4-6,9H,1,3,14H2,(H,15,16). The van der Waals surface area contributed by atoms with E-state index in [1.807, 2.05) is 0 Å². The zero-order valence-corrected chi connectivity index (χ0v) is 9.30. The number of carbonyl (C=O) groups excluding carboxylic acids is 1. The van der Waals surface area contributed by atoms with Crippen LogP contribution >= 0.6 is 11.6 Å². The lowest BCUT2D eigenvalue weighted by atomic mass is 10.2. The Labute approximate surface area is 98.1 Å². The Balaban J connectivity index is 2.76. The molecule has 3 nitrogen and oxygen atoms in total. The molecule has 1 amide bonds. The normalized spacial score (nSPS) is 11.9. The van der Waals surface area contributed by atoms with Gasteiger partial charge in [0.25, 0.3) is 0 Å². The second kappa shape index (κ2) is 5.63. The van der Waals surface area contributed by atoms with E-state index in [4.69, 9.17) is 17.3 Å². The lowest BCUT2D eigenvalue weighted by Gasteiger charge is -2.11. The van der Waals surface area contributed by atoms with E-state index in [0.29, 0.717) is 11.4 Å². The monoisotopic (exact) mass is 242 g/mol. The van der Waals surface area contributed by atoms with Crippen LogP contribution in [0.4, 0.5) is 10.1 Å². The largest absolute Gasteiger partial charge is 0.322 e. The highest BCUT2D eigenvalue weighted by molar-refractivity contribution is 6.30. The Kier molecular flexibility index (Phi) is 4.46. The molecule has 3 N–H and O–H groups in total.